The zero-order valence-corrected chi connectivity index (χ0v) is 12.3. The van der Waals surface area contributed by atoms with Gasteiger partial charge < -0.3 is 14.8 Å². The van der Waals surface area contributed by atoms with Crippen molar-refractivity contribution in [3.63, 3.8) is 0 Å². The Kier molecular flexibility index (Phi) is 5.46. The van der Waals surface area contributed by atoms with Crippen molar-refractivity contribution in [1.29, 1.82) is 0 Å². The summed E-state index contributed by atoms with van der Waals surface area (Å²) >= 11 is 0. The van der Waals surface area contributed by atoms with Gasteiger partial charge in [0.1, 0.15) is 12.4 Å². The van der Waals surface area contributed by atoms with E-state index in [0.717, 1.165) is 12.3 Å². The van der Waals surface area contributed by atoms with Crippen molar-refractivity contribution in [1.82, 2.24) is 4.90 Å². The van der Waals surface area contributed by atoms with E-state index in [1.165, 1.54) is 19.4 Å². The van der Waals surface area contributed by atoms with Crippen LogP contribution in [0.2, 0.25) is 0 Å². The first kappa shape index (κ1) is 15.4. The van der Waals surface area contributed by atoms with Crippen molar-refractivity contribution in [3.8, 4) is 5.75 Å². The Morgan fingerprint density at radius 2 is 2.00 bits per heavy atom. The first-order valence-corrected chi connectivity index (χ1v) is 7.41. The van der Waals surface area contributed by atoms with E-state index in [4.69, 9.17) is 14.8 Å². The molecule has 1 atom stereocenters. The highest BCUT2D eigenvalue weighted by Crippen LogP contribution is 2.23. The molecule has 1 saturated heterocycles. The molecule has 5 heteroatoms. The fraction of sp³-hybridized carbons (Fsp3) is 0.600. The van der Waals surface area contributed by atoms with Gasteiger partial charge in [0.2, 0.25) is 0 Å². The molecule has 0 spiro atoms. The van der Waals surface area contributed by atoms with Crippen LogP contribution in [0.5, 0.6) is 5.75 Å². The lowest BCUT2D eigenvalue weighted by Gasteiger charge is -2.27. The molecule has 4 nitrogen and oxygen atoms in total. The smallest absolute Gasteiger partial charge is 0.488 e. The van der Waals surface area contributed by atoms with Gasteiger partial charge in [0.25, 0.3) is 0 Å². The van der Waals surface area contributed by atoms with Crippen LogP contribution in [0.1, 0.15) is 26.7 Å². The molecule has 0 saturated carbocycles. The van der Waals surface area contributed by atoms with Gasteiger partial charge in [-0.05, 0) is 42.9 Å². The minimum atomic E-state index is -1.42. The maximum atomic E-state index is 9.02. The molecule has 1 fully saturated rings. The van der Waals surface area contributed by atoms with Crippen LogP contribution in [0.25, 0.3) is 0 Å². The molecule has 20 heavy (non-hydrogen) atoms. The topological polar surface area (TPSA) is 52.9 Å². The fourth-order valence-electron chi connectivity index (χ4n) is 2.90. The Balaban J connectivity index is 1.78. The molecule has 1 unspecified atom stereocenters. The minimum Gasteiger partial charge on any atom is -0.492 e. The van der Waals surface area contributed by atoms with Crippen molar-refractivity contribution in [3.05, 3.63) is 24.3 Å². The molecule has 0 aliphatic carbocycles. The average Bonchev–Trinajstić information content (AvgIpc) is 2.88. The van der Waals surface area contributed by atoms with E-state index in [0.29, 0.717) is 24.0 Å². The fourth-order valence-corrected chi connectivity index (χ4v) is 2.90. The summed E-state index contributed by atoms with van der Waals surface area (Å²) in [5, 5.41) is 18.0. The molecule has 1 aromatic rings. The van der Waals surface area contributed by atoms with E-state index in [1.807, 2.05) is 0 Å². The van der Waals surface area contributed by atoms with Gasteiger partial charge >= 0.3 is 7.12 Å². The number of benzene rings is 1. The van der Waals surface area contributed by atoms with Crippen molar-refractivity contribution in [2.75, 3.05) is 19.7 Å². The van der Waals surface area contributed by atoms with E-state index in [9.17, 15) is 0 Å². The van der Waals surface area contributed by atoms with Gasteiger partial charge in [-0.2, -0.15) is 0 Å². The van der Waals surface area contributed by atoms with Crippen LogP contribution in [-0.2, 0) is 0 Å². The maximum Gasteiger partial charge on any atom is 0.488 e. The van der Waals surface area contributed by atoms with Crippen molar-refractivity contribution in [2.24, 2.45) is 5.92 Å². The quantitative estimate of drug-likeness (QED) is 0.757. The molecule has 2 rings (SSSR count). The maximum absolute atomic E-state index is 9.02. The number of rotatable bonds is 6. The van der Waals surface area contributed by atoms with Crippen LogP contribution in [0.15, 0.2) is 24.3 Å². The molecule has 110 valence electrons. The number of hydrogen-bond donors (Lipinski definition) is 2. The van der Waals surface area contributed by atoms with Crippen molar-refractivity contribution >= 4 is 12.6 Å². The van der Waals surface area contributed by atoms with E-state index in [2.05, 4.69) is 18.7 Å². The lowest BCUT2D eigenvalue weighted by atomic mass is 9.80. The number of ether oxygens (including phenoxy) is 1. The highest BCUT2D eigenvalue weighted by atomic mass is 16.5. The van der Waals surface area contributed by atoms with Crippen molar-refractivity contribution < 1.29 is 14.8 Å². The summed E-state index contributed by atoms with van der Waals surface area (Å²) in [6.07, 6.45) is 2.58. The second-order valence-corrected chi connectivity index (χ2v) is 5.78. The van der Waals surface area contributed by atoms with Crippen LogP contribution in [0, 0.1) is 5.92 Å². The molecule has 0 bridgehead atoms. The molecule has 0 amide bonds. The normalized spacial score (nSPS) is 19.6. The van der Waals surface area contributed by atoms with Gasteiger partial charge in [0, 0.05) is 12.6 Å². The first-order valence-electron chi connectivity index (χ1n) is 7.41. The molecule has 2 N–H and O–H groups in total. The molecular formula is C15H24BNO3. The molecule has 1 aromatic carbocycles. The Morgan fingerprint density at radius 3 is 2.60 bits per heavy atom. The lowest BCUT2D eigenvalue weighted by Crippen LogP contribution is -2.36. The van der Waals surface area contributed by atoms with Gasteiger partial charge in [0.15, 0.2) is 0 Å². The standard InChI is InChI=1S/C15H24BNO3/c1-12(2)15-4-3-9-17(15)10-11-20-14-7-5-13(6-8-14)16(18)19/h5-8,12,15,18-19H,3-4,9-11H2,1-2H3. The zero-order valence-electron chi connectivity index (χ0n) is 12.3. The van der Waals surface area contributed by atoms with Crippen LogP contribution < -0.4 is 10.2 Å². The summed E-state index contributed by atoms with van der Waals surface area (Å²) in [5.41, 5.74) is 0.483. The van der Waals surface area contributed by atoms with Crippen LogP contribution >= 0.6 is 0 Å². The summed E-state index contributed by atoms with van der Waals surface area (Å²) in [7, 11) is -1.42. The third kappa shape index (κ3) is 3.98. The summed E-state index contributed by atoms with van der Waals surface area (Å²) in [4.78, 5) is 2.51. The Hall–Kier alpha value is -1.04. The van der Waals surface area contributed by atoms with Gasteiger partial charge in [0.05, 0.1) is 0 Å². The predicted octanol–water partition coefficient (Wildman–Crippen LogP) is 0.866. The molecule has 0 aromatic heterocycles. The third-order valence-corrected chi connectivity index (χ3v) is 4.01. The van der Waals surface area contributed by atoms with E-state index >= 15 is 0 Å². The number of nitrogens with zero attached hydrogens (tertiary/aromatic N) is 1. The highest BCUT2D eigenvalue weighted by molar-refractivity contribution is 6.58. The van der Waals surface area contributed by atoms with E-state index in [1.54, 1.807) is 24.3 Å². The van der Waals surface area contributed by atoms with E-state index < -0.39 is 7.12 Å². The second kappa shape index (κ2) is 7.11. The number of likely N-dealkylation sites (tertiary alicyclic amines) is 1. The minimum absolute atomic E-state index is 0.483. The third-order valence-electron chi connectivity index (χ3n) is 4.01. The summed E-state index contributed by atoms with van der Waals surface area (Å²) in [6.45, 7) is 7.35. The summed E-state index contributed by atoms with van der Waals surface area (Å²) in [5.74, 6) is 1.47. The molecule has 1 aliphatic rings. The van der Waals surface area contributed by atoms with Crippen LogP contribution in [0.3, 0.4) is 0 Å². The lowest BCUT2D eigenvalue weighted by molar-refractivity contribution is 0.168. The zero-order chi connectivity index (χ0) is 14.5. The monoisotopic (exact) mass is 277 g/mol. The van der Waals surface area contributed by atoms with Gasteiger partial charge in [-0.1, -0.05) is 26.0 Å². The van der Waals surface area contributed by atoms with Gasteiger partial charge in [-0.15, -0.1) is 0 Å². The first-order chi connectivity index (χ1) is 9.58. The largest absolute Gasteiger partial charge is 0.492 e. The molecule has 1 aliphatic heterocycles. The van der Waals surface area contributed by atoms with Crippen molar-refractivity contribution in [2.45, 2.75) is 32.7 Å². The van der Waals surface area contributed by atoms with E-state index in [-0.39, 0.29) is 0 Å². The number of hydrogen-bond acceptors (Lipinski definition) is 4. The second-order valence-electron chi connectivity index (χ2n) is 5.78. The molecule has 0 radical (unpaired) electrons. The van der Waals surface area contributed by atoms with Gasteiger partial charge in [-0.3, -0.25) is 4.90 Å². The van der Waals surface area contributed by atoms with Crippen LogP contribution in [-0.4, -0.2) is 47.8 Å². The van der Waals surface area contributed by atoms with Gasteiger partial charge in [-0.25, -0.2) is 0 Å². The predicted molar refractivity (Wildman–Crippen MR) is 81.2 cm³/mol. The summed E-state index contributed by atoms with van der Waals surface area (Å²) < 4.78 is 5.73. The molecular weight excluding hydrogens is 253 g/mol. The van der Waals surface area contributed by atoms with Crippen LogP contribution in [0.4, 0.5) is 0 Å². The summed E-state index contributed by atoms with van der Waals surface area (Å²) in [6, 6.07) is 7.59. The highest BCUT2D eigenvalue weighted by Gasteiger charge is 2.26. The Bertz CT molecular complexity index is 408. The SMILES string of the molecule is CC(C)C1CCCN1CCOc1ccc(B(O)O)cc1. The average molecular weight is 277 g/mol. The molecule has 1 heterocycles. The Labute approximate surface area is 121 Å². The Morgan fingerprint density at radius 1 is 1.30 bits per heavy atom.